The van der Waals surface area contributed by atoms with E-state index in [1.54, 1.807) is 4.68 Å². The molecule has 0 aliphatic heterocycles. The highest BCUT2D eigenvalue weighted by Gasteiger charge is 2.15. The van der Waals surface area contributed by atoms with E-state index in [2.05, 4.69) is 26.2 Å². The van der Waals surface area contributed by atoms with Gasteiger partial charge in [0.1, 0.15) is 0 Å². The summed E-state index contributed by atoms with van der Waals surface area (Å²) >= 11 is 3.31. The van der Waals surface area contributed by atoms with Gasteiger partial charge in [-0.25, -0.2) is 4.68 Å². The topological polar surface area (TPSA) is 66.0 Å². The van der Waals surface area contributed by atoms with Crippen LogP contribution in [0.15, 0.2) is 4.60 Å². The highest BCUT2D eigenvalue weighted by molar-refractivity contribution is 9.10. The van der Waals surface area contributed by atoms with Crippen molar-refractivity contribution < 1.29 is 4.74 Å². The monoisotopic (exact) mass is 262 g/mol. The van der Waals surface area contributed by atoms with Gasteiger partial charge in [-0.1, -0.05) is 5.21 Å². The highest BCUT2D eigenvalue weighted by atomic mass is 79.9. The van der Waals surface area contributed by atoms with E-state index in [-0.39, 0.29) is 6.04 Å². The Morgan fingerprint density at radius 1 is 1.64 bits per heavy atom. The van der Waals surface area contributed by atoms with Crippen LogP contribution in [-0.4, -0.2) is 28.2 Å². The molecular formula is C8H15BrN4O. The number of rotatable bonds is 5. The molecule has 0 radical (unpaired) electrons. The molecule has 2 N–H and O–H groups in total. The fourth-order valence-corrected chi connectivity index (χ4v) is 1.85. The molecule has 1 rings (SSSR count). The lowest BCUT2D eigenvalue weighted by Gasteiger charge is -2.11. The van der Waals surface area contributed by atoms with Crippen LogP contribution in [-0.2, 0) is 11.8 Å². The van der Waals surface area contributed by atoms with Gasteiger partial charge in [0.05, 0.1) is 11.7 Å². The van der Waals surface area contributed by atoms with Crippen LogP contribution in [0, 0.1) is 0 Å². The summed E-state index contributed by atoms with van der Waals surface area (Å²) < 4.78 is 7.63. The number of halogens is 1. The minimum absolute atomic E-state index is 0.0871. The number of hydrogen-bond acceptors (Lipinski definition) is 4. The van der Waals surface area contributed by atoms with E-state index in [1.165, 1.54) is 0 Å². The van der Waals surface area contributed by atoms with Crippen molar-refractivity contribution in [3.05, 3.63) is 10.3 Å². The second-order valence-electron chi connectivity index (χ2n) is 2.98. The van der Waals surface area contributed by atoms with Crippen LogP contribution in [0.5, 0.6) is 0 Å². The molecule has 0 fully saturated rings. The lowest BCUT2D eigenvalue weighted by Crippen LogP contribution is -2.17. The van der Waals surface area contributed by atoms with Crippen molar-refractivity contribution in [2.45, 2.75) is 19.4 Å². The Morgan fingerprint density at radius 2 is 2.36 bits per heavy atom. The second kappa shape index (κ2) is 5.43. The summed E-state index contributed by atoms with van der Waals surface area (Å²) in [5.74, 6) is 0. The van der Waals surface area contributed by atoms with Gasteiger partial charge < -0.3 is 10.5 Å². The number of nitrogens with two attached hydrogens (primary N) is 1. The SMILES string of the molecule is CCOCCC(N)c1c(Br)nnn1C. The summed E-state index contributed by atoms with van der Waals surface area (Å²) in [6.07, 6.45) is 0.771. The van der Waals surface area contributed by atoms with E-state index in [4.69, 9.17) is 10.5 Å². The smallest absolute Gasteiger partial charge is 0.153 e. The second-order valence-corrected chi connectivity index (χ2v) is 3.73. The molecule has 0 aliphatic carbocycles. The molecular weight excluding hydrogens is 248 g/mol. The van der Waals surface area contributed by atoms with Gasteiger partial charge in [0.2, 0.25) is 0 Å². The molecule has 0 spiro atoms. The number of hydrogen-bond donors (Lipinski definition) is 1. The molecule has 1 aromatic heterocycles. The van der Waals surface area contributed by atoms with Gasteiger partial charge in [-0.2, -0.15) is 0 Å². The summed E-state index contributed by atoms with van der Waals surface area (Å²) in [4.78, 5) is 0. The van der Waals surface area contributed by atoms with Gasteiger partial charge in [-0.3, -0.25) is 0 Å². The zero-order valence-corrected chi connectivity index (χ0v) is 9.99. The first-order valence-corrected chi connectivity index (χ1v) is 5.34. The number of nitrogens with zero attached hydrogens (tertiary/aromatic N) is 3. The molecule has 1 unspecified atom stereocenters. The summed E-state index contributed by atoms with van der Waals surface area (Å²) in [5, 5.41) is 7.74. The van der Waals surface area contributed by atoms with E-state index in [0.717, 1.165) is 18.7 Å². The van der Waals surface area contributed by atoms with E-state index in [0.29, 0.717) is 11.2 Å². The van der Waals surface area contributed by atoms with Crippen molar-refractivity contribution >= 4 is 15.9 Å². The maximum atomic E-state index is 5.97. The Hall–Kier alpha value is -0.460. The van der Waals surface area contributed by atoms with Gasteiger partial charge in [0.15, 0.2) is 4.60 Å². The summed E-state index contributed by atoms with van der Waals surface area (Å²) in [5.41, 5.74) is 6.88. The Kier molecular flexibility index (Phi) is 4.50. The molecule has 5 nitrogen and oxygen atoms in total. The van der Waals surface area contributed by atoms with Crippen LogP contribution in [0.3, 0.4) is 0 Å². The quantitative estimate of drug-likeness (QED) is 0.805. The average molecular weight is 263 g/mol. The van der Waals surface area contributed by atoms with Crippen molar-refractivity contribution in [1.29, 1.82) is 0 Å². The molecule has 1 atom stereocenters. The summed E-state index contributed by atoms with van der Waals surface area (Å²) in [6, 6.07) is -0.0871. The van der Waals surface area contributed by atoms with Gasteiger partial charge in [0, 0.05) is 20.3 Å². The Bertz CT molecular complexity index is 269. The van der Waals surface area contributed by atoms with Crippen LogP contribution in [0.4, 0.5) is 0 Å². The predicted molar refractivity (Wildman–Crippen MR) is 56.7 cm³/mol. The van der Waals surface area contributed by atoms with Crippen molar-refractivity contribution in [3.63, 3.8) is 0 Å². The predicted octanol–water partition coefficient (Wildman–Crippen LogP) is 1.00. The van der Waals surface area contributed by atoms with E-state index in [1.807, 2.05) is 14.0 Å². The fourth-order valence-electron chi connectivity index (χ4n) is 1.22. The molecule has 14 heavy (non-hydrogen) atoms. The Morgan fingerprint density at radius 3 is 2.86 bits per heavy atom. The Labute approximate surface area is 91.7 Å². The molecule has 0 amide bonds. The third-order valence-electron chi connectivity index (χ3n) is 1.96. The van der Waals surface area contributed by atoms with Crippen molar-refractivity contribution in [1.82, 2.24) is 15.0 Å². The van der Waals surface area contributed by atoms with E-state index < -0.39 is 0 Å². The third kappa shape index (κ3) is 2.76. The van der Waals surface area contributed by atoms with Gasteiger partial charge >= 0.3 is 0 Å². The maximum absolute atomic E-state index is 5.97. The number of aryl methyl sites for hydroxylation is 1. The highest BCUT2D eigenvalue weighted by Crippen LogP contribution is 2.20. The molecule has 0 aromatic carbocycles. The fraction of sp³-hybridized carbons (Fsp3) is 0.750. The van der Waals surface area contributed by atoms with Crippen LogP contribution >= 0.6 is 15.9 Å². The van der Waals surface area contributed by atoms with Crippen LogP contribution in [0.2, 0.25) is 0 Å². The largest absolute Gasteiger partial charge is 0.382 e. The molecule has 1 heterocycles. The first-order valence-electron chi connectivity index (χ1n) is 4.55. The minimum Gasteiger partial charge on any atom is -0.382 e. The lowest BCUT2D eigenvalue weighted by molar-refractivity contribution is 0.139. The molecule has 0 bridgehead atoms. The van der Waals surface area contributed by atoms with Gasteiger partial charge in [0.25, 0.3) is 0 Å². The minimum atomic E-state index is -0.0871. The van der Waals surface area contributed by atoms with Crippen molar-refractivity contribution in [3.8, 4) is 0 Å². The maximum Gasteiger partial charge on any atom is 0.153 e. The molecule has 0 saturated carbocycles. The average Bonchev–Trinajstić information content (AvgIpc) is 2.46. The molecule has 0 aliphatic rings. The number of aromatic nitrogens is 3. The molecule has 80 valence electrons. The van der Waals surface area contributed by atoms with Crippen molar-refractivity contribution in [2.75, 3.05) is 13.2 Å². The van der Waals surface area contributed by atoms with Gasteiger partial charge in [-0.05, 0) is 29.3 Å². The molecule has 0 saturated heterocycles. The molecule has 1 aromatic rings. The Balaban J connectivity index is 2.55. The molecule has 6 heteroatoms. The van der Waals surface area contributed by atoms with E-state index >= 15 is 0 Å². The standard InChI is InChI=1S/C8H15BrN4O/c1-3-14-5-4-6(10)7-8(9)11-12-13(7)2/h6H,3-5,10H2,1-2H3. The van der Waals surface area contributed by atoms with E-state index in [9.17, 15) is 0 Å². The normalized spacial score (nSPS) is 13.1. The van der Waals surface area contributed by atoms with Crippen LogP contribution in [0.1, 0.15) is 25.1 Å². The first kappa shape index (κ1) is 11.6. The summed E-state index contributed by atoms with van der Waals surface area (Å²) in [7, 11) is 1.83. The van der Waals surface area contributed by atoms with Crippen LogP contribution in [0.25, 0.3) is 0 Å². The zero-order chi connectivity index (χ0) is 10.6. The first-order chi connectivity index (χ1) is 6.66. The van der Waals surface area contributed by atoms with Crippen LogP contribution < -0.4 is 5.73 Å². The number of ether oxygens (including phenoxy) is 1. The van der Waals surface area contributed by atoms with Crippen molar-refractivity contribution in [2.24, 2.45) is 12.8 Å². The lowest BCUT2D eigenvalue weighted by atomic mass is 10.2. The van der Waals surface area contributed by atoms with Gasteiger partial charge in [-0.15, -0.1) is 5.10 Å². The summed E-state index contributed by atoms with van der Waals surface area (Å²) in [6.45, 7) is 3.35. The third-order valence-corrected chi connectivity index (χ3v) is 2.52. The zero-order valence-electron chi connectivity index (χ0n) is 8.40.